The first-order valence-electron chi connectivity index (χ1n) is 13.6. The molecule has 2 aromatic carbocycles. The number of aliphatic hydroxyl groups is 1. The van der Waals surface area contributed by atoms with Crippen molar-refractivity contribution in [2.75, 3.05) is 36.1 Å². The van der Waals surface area contributed by atoms with Crippen molar-refractivity contribution in [1.29, 1.82) is 0 Å². The number of rotatable bonds is 6. The van der Waals surface area contributed by atoms with Crippen LogP contribution in [0.3, 0.4) is 0 Å². The summed E-state index contributed by atoms with van der Waals surface area (Å²) in [5, 5.41) is 9.67. The first-order valence-corrected chi connectivity index (χ1v) is 13.6. The van der Waals surface area contributed by atoms with Crippen LogP contribution in [0.4, 0.5) is 17.1 Å². The van der Waals surface area contributed by atoms with Crippen LogP contribution in [0.25, 0.3) is 0 Å². The van der Waals surface area contributed by atoms with Crippen LogP contribution in [0.1, 0.15) is 38.2 Å². The average molecular weight is 532 g/mol. The van der Waals surface area contributed by atoms with Gasteiger partial charge in [-0.25, -0.2) is 0 Å². The Kier molecular flexibility index (Phi) is 6.43. The van der Waals surface area contributed by atoms with Crippen LogP contribution in [0.2, 0.25) is 0 Å². The van der Waals surface area contributed by atoms with Crippen LogP contribution >= 0.6 is 0 Å². The topological polar surface area (TPSA) is 99.6 Å². The number of fused-ring (bicyclic) bond motifs is 3. The third kappa shape index (κ3) is 3.94. The Hall–Kier alpha value is -3.69. The SMILES string of the molecule is C=CCN1C(=O)[C@]2(O[C@H](CC(=O)N3CCC[C@H]3CO)C[C@@H]2C)c2cc(N3C(=O)COc4ccccc43)ccc21. The Morgan fingerprint density at radius 3 is 2.82 bits per heavy atom. The van der Waals surface area contributed by atoms with Crippen LogP contribution in [-0.4, -0.2) is 66.2 Å². The molecule has 0 aliphatic carbocycles. The predicted octanol–water partition coefficient (Wildman–Crippen LogP) is 3.27. The van der Waals surface area contributed by atoms with Crippen molar-refractivity contribution in [3.05, 3.63) is 60.7 Å². The van der Waals surface area contributed by atoms with Crippen molar-refractivity contribution in [3.8, 4) is 5.75 Å². The molecule has 2 aromatic rings. The number of likely N-dealkylation sites (tertiary alicyclic amines) is 1. The molecule has 4 atom stereocenters. The number of benzene rings is 2. The molecule has 0 aromatic heterocycles. The summed E-state index contributed by atoms with van der Waals surface area (Å²) in [4.78, 5) is 45.3. The van der Waals surface area contributed by atoms with Gasteiger partial charge in [0.25, 0.3) is 11.8 Å². The van der Waals surface area contributed by atoms with Crippen LogP contribution < -0.4 is 14.5 Å². The molecule has 9 nitrogen and oxygen atoms in total. The summed E-state index contributed by atoms with van der Waals surface area (Å²) in [6.45, 7) is 6.63. The number of hydrogen-bond acceptors (Lipinski definition) is 6. The Bertz CT molecular complexity index is 1340. The van der Waals surface area contributed by atoms with Crippen molar-refractivity contribution in [2.45, 2.75) is 50.4 Å². The van der Waals surface area contributed by atoms with Gasteiger partial charge in [0.2, 0.25) is 5.91 Å². The lowest BCUT2D eigenvalue weighted by Crippen LogP contribution is -2.44. The zero-order chi connectivity index (χ0) is 27.3. The molecule has 0 bridgehead atoms. The molecule has 2 saturated heterocycles. The van der Waals surface area contributed by atoms with Gasteiger partial charge in [-0.2, -0.15) is 0 Å². The minimum atomic E-state index is -1.27. The number of anilines is 3. The molecular formula is C30H33N3O6. The second kappa shape index (κ2) is 9.81. The van der Waals surface area contributed by atoms with E-state index in [1.807, 2.05) is 49.4 Å². The van der Waals surface area contributed by atoms with Crippen LogP contribution in [0, 0.1) is 5.92 Å². The molecule has 2 fully saturated rings. The monoisotopic (exact) mass is 531 g/mol. The van der Waals surface area contributed by atoms with E-state index in [1.54, 1.807) is 20.8 Å². The highest BCUT2D eigenvalue weighted by Gasteiger charge is 2.60. The van der Waals surface area contributed by atoms with Crippen LogP contribution in [-0.2, 0) is 24.7 Å². The van der Waals surface area contributed by atoms with Gasteiger partial charge in [-0.1, -0.05) is 25.1 Å². The highest BCUT2D eigenvalue weighted by atomic mass is 16.5. The Morgan fingerprint density at radius 1 is 1.21 bits per heavy atom. The average Bonchev–Trinajstić information content (AvgIpc) is 3.61. The van der Waals surface area contributed by atoms with E-state index in [2.05, 4.69) is 6.58 Å². The second-order valence-electron chi connectivity index (χ2n) is 10.8. The molecule has 4 aliphatic rings. The molecule has 3 amide bonds. The van der Waals surface area contributed by atoms with Gasteiger partial charge in [-0.15, -0.1) is 6.58 Å². The second-order valence-corrected chi connectivity index (χ2v) is 10.8. The highest BCUT2D eigenvalue weighted by Crippen LogP contribution is 2.55. The third-order valence-electron chi connectivity index (χ3n) is 8.48. The number of hydrogen-bond donors (Lipinski definition) is 1. The molecule has 4 aliphatic heterocycles. The van der Waals surface area contributed by atoms with E-state index in [0.717, 1.165) is 18.5 Å². The Morgan fingerprint density at radius 2 is 2.03 bits per heavy atom. The first-order chi connectivity index (χ1) is 18.9. The van der Waals surface area contributed by atoms with Crippen molar-refractivity contribution in [3.63, 3.8) is 0 Å². The number of amides is 3. The summed E-state index contributed by atoms with van der Waals surface area (Å²) >= 11 is 0. The van der Waals surface area contributed by atoms with E-state index < -0.39 is 11.7 Å². The highest BCUT2D eigenvalue weighted by molar-refractivity contribution is 6.10. The molecule has 0 saturated carbocycles. The molecule has 9 heteroatoms. The third-order valence-corrected chi connectivity index (χ3v) is 8.48. The maximum absolute atomic E-state index is 14.0. The van der Waals surface area contributed by atoms with Crippen molar-refractivity contribution >= 4 is 34.8 Å². The van der Waals surface area contributed by atoms with Crippen LogP contribution in [0.5, 0.6) is 5.75 Å². The Labute approximate surface area is 227 Å². The molecule has 1 N–H and O–H groups in total. The summed E-state index contributed by atoms with van der Waals surface area (Å²) in [5.41, 5.74) is 1.41. The van der Waals surface area contributed by atoms with Crippen molar-refractivity contribution in [1.82, 2.24) is 4.90 Å². The van der Waals surface area contributed by atoms with Crippen molar-refractivity contribution < 1.29 is 29.0 Å². The lowest BCUT2D eigenvalue weighted by Gasteiger charge is -2.31. The van der Waals surface area contributed by atoms with Gasteiger partial charge in [0, 0.05) is 30.3 Å². The maximum Gasteiger partial charge on any atom is 0.269 e. The molecule has 204 valence electrons. The largest absolute Gasteiger partial charge is 0.482 e. The van der Waals surface area contributed by atoms with E-state index >= 15 is 0 Å². The molecule has 0 unspecified atom stereocenters. The summed E-state index contributed by atoms with van der Waals surface area (Å²) in [7, 11) is 0. The first kappa shape index (κ1) is 25.6. The molecule has 4 heterocycles. The lowest BCUT2D eigenvalue weighted by molar-refractivity contribution is -0.149. The van der Waals surface area contributed by atoms with E-state index in [4.69, 9.17) is 9.47 Å². The quantitative estimate of drug-likeness (QED) is 0.575. The molecule has 6 rings (SSSR count). The van der Waals surface area contributed by atoms with Crippen LogP contribution in [0.15, 0.2) is 55.1 Å². The van der Waals surface area contributed by atoms with Gasteiger partial charge in [0.1, 0.15) is 5.75 Å². The van der Waals surface area contributed by atoms with E-state index in [1.165, 1.54) is 0 Å². The summed E-state index contributed by atoms with van der Waals surface area (Å²) < 4.78 is 12.2. The van der Waals surface area contributed by atoms with Gasteiger partial charge in [-0.3, -0.25) is 19.3 Å². The standard InChI is InChI=1S/C30H33N3O6/c1-3-12-32-24-11-10-20(33-25-8-4-5-9-26(25)38-18-28(33)36)15-23(24)30(29(32)37)19(2)14-22(39-30)16-27(35)31-13-6-7-21(31)17-34/h3-5,8-11,15,19,21-22,34H,1,6-7,12-14,16-18H2,2H3/t19-,21-,22-,30+/m0/s1. The Balaban J connectivity index is 1.36. The lowest BCUT2D eigenvalue weighted by atomic mass is 9.82. The fourth-order valence-electron chi connectivity index (χ4n) is 6.69. The molecule has 1 spiro atoms. The maximum atomic E-state index is 14.0. The molecular weight excluding hydrogens is 498 g/mol. The van der Waals surface area contributed by atoms with Gasteiger partial charge in [-0.05, 0) is 49.6 Å². The number of aliphatic hydroxyl groups excluding tert-OH is 1. The summed E-state index contributed by atoms with van der Waals surface area (Å²) in [6.07, 6.45) is 3.60. The van der Waals surface area contributed by atoms with Gasteiger partial charge in [0.15, 0.2) is 12.2 Å². The van der Waals surface area contributed by atoms with E-state index in [9.17, 15) is 19.5 Å². The normalized spacial score (nSPS) is 27.6. The number of para-hydroxylation sites is 2. The van der Waals surface area contributed by atoms with E-state index in [0.29, 0.717) is 42.2 Å². The minimum absolute atomic E-state index is 0.0495. The smallest absolute Gasteiger partial charge is 0.269 e. The van der Waals surface area contributed by atoms with E-state index in [-0.39, 0.29) is 49.3 Å². The van der Waals surface area contributed by atoms with Gasteiger partial charge in [0.05, 0.1) is 36.5 Å². The van der Waals surface area contributed by atoms with Gasteiger partial charge < -0.3 is 24.4 Å². The predicted molar refractivity (Wildman–Crippen MR) is 145 cm³/mol. The van der Waals surface area contributed by atoms with Crippen molar-refractivity contribution in [2.24, 2.45) is 5.92 Å². The zero-order valence-electron chi connectivity index (χ0n) is 22.0. The number of carbonyl (C=O) groups is 3. The number of carbonyl (C=O) groups excluding carboxylic acids is 3. The fraction of sp³-hybridized carbons (Fsp3) is 0.433. The molecule has 0 radical (unpaired) electrons. The molecule has 39 heavy (non-hydrogen) atoms. The minimum Gasteiger partial charge on any atom is -0.482 e. The fourth-order valence-corrected chi connectivity index (χ4v) is 6.69. The van der Waals surface area contributed by atoms with Gasteiger partial charge >= 0.3 is 0 Å². The summed E-state index contributed by atoms with van der Waals surface area (Å²) in [5.74, 6) is -0.0305. The number of ether oxygens (including phenoxy) is 2. The zero-order valence-corrected chi connectivity index (χ0v) is 22.0. The summed E-state index contributed by atoms with van der Waals surface area (Å²) in [6, 6.07) is 12.8. The number of nitrogens with zero attached hydrogens (tertiary/aromatic N) is 3.